The van der Waals surface area contributed by atoms with Crippen molar-refractivity contribution in [2.75, 3.05) is 24.6 Å². The van der Waals surface area contributed by atoms with Crippen LogP contribution in [0, 0.1) is 0 Å². The Morgan fingerprint density at radius 3 is 2.52 bits per heavy atom. The minimum absolute atomic E-state index is 0.249. The number of morpholine rings is 1. The molecule has 156 valence electrons. The lowest BCUT2D eigenvalue weighted by Gasteiger charge is -2.34. The number of aromatic nitrogens is 3. The van der Waals surface area contributed by atoms with E-state index in [0.717, 1.165) is 63.7 Å². The quantitative estimate of drug-likeness (QED) is 0.744. The van der Waals surface area contributed by atoms with Crippen molar-refractivity contribution in [3.63, 3.8) is 0 Å². The van der Waals surface area contributed by atoms with E-state index in [9.17, 15) is 0 Å². The molecule has 5 rings (SSSR count). The van der Waals surface area contributed by atoms with E-state index in [4.69, 9.17) is 19.7 Å². The van der Waals surface area contributed by atoms with Gasteiger partial charge in [-0.2, -0.15) is 0 Å². The maximum atomic E-state index is 6.10. The topological polar surface area (TPSA) is 52.4 Å². The number of fused-ring (bicyclic) bond motifs is 2. The first-order chi connectivity index (χ1) is 14.3. The Morgan fingerprint density at radius 2 is 1.83 bits per heavy atom. The van der Waals surface area contributed by atoms with Crippen LogP contribution in [0.1, 0.15) is 62.8 Å². The molecule has 4 heterocycles. The van der Waals surface area contributed by atoms with Crippen LogP contribution in [-0.2, 0) is 16.0 Å². The summed E-state index contributed by atoms with van der Waals surface area (Å²) < 4.78 is 14.5. The number of hydrogen-bond donors (Lipinski definition) is 0. The molecule has 29 heavy (non-hydrogen) atoms. The van der Waals surface area contributed by atoms with E-state index in [2.05, 4.69) is 46.7 Å². The molecular formula is C23H32N4O2. The molecule has 3 aliphatic heterocycles. The second kappa shape index (κ2) is 8.44. The predicted molar refractivity (Wildman–Crippen MR) is 112 cm³/mol. The molecule has 0 amide bonds. The van der Waals surface area contributed by atoms with Crippen molar-refractivity contribution in [1.29, 1.82) is 0 Å². The summed E-state index contributed by atoms with van der Waals surface area (Å²) in [4.78, 5) is 2.41. The van der Waals surface area contributed by atoms with Gasteiger partial charge in [-0.3, -0.25) is 4.57 Å². The van der Waals surface area contributed by atoms with Crippen LogP contribution in [0.25, 0.3) is 0 Å². The Bertz CT molecular complexity index is 790. The Balaban J connectivity index is 1.49. The fourth-order valence-corrected chi connectivity index (χ4v) is 5.16. The summed E-state index contributed by atoms with van der Waals surface area (Å²) in [5, 5.41) is 9.47. The van der Waals surface area contributed by atoms with Crippen LogP contribution in [0.15, 0.2) is 30.3 Å². The van der Waals surface area contributed by atoms with E-state index >= 15 is 0 Å². The van der Waals surface area contributed by atoms with Crippen LogP contribution in [-0.4, -0.2) is 52.8 Å². The van der Waals surface area contributed by atoms with Gasteiger partial charge in [0.05, 0.1) is 24.9 Å². The SMILES string of the molecule is CC[C@@H](c1ccccc1)c1nnc(N2C[C@H]3CC[C@@H](C2)O3)n1C[C@H]1CCCCO1. The van der Waals surface area contributed by atoms with Gasteiger partial charge in [0, 0.05) is 25.6 Å². The summed E-state index contributed by atoms with van der Waals surface area (Å²) in [5.41, 5.74) is 1.31. The Labute approximate surface area is 173 Å². The van der Waals surface area contributed by atoms with Gasteiger partial charge in [-0.15, -0.1) is 10.2 Å². The van der Waals surface area contributed by atoms with Crippen LogP contribution < -0.4 is 4.90 Å². The summed E-state index contributed by atoms with van der Waals surface area (Å²) in [6, 6.07) is 10.7. The largest absolute Gasteiger partial charge is 0.376 e. The number of hydrogen-bond acceptors (Lipinski definition) is 5. The molecule has 0 aliphatic carbocycles. The molecular weight excluding hydrogens is 364 g/mol. The van der Waals surface area contributed by atoms with Crippen molar-refractivity contribution in [3.05, 3.63) is 41.7 Å². The number of rotatable bonds is 6. The maximum Gasteiger partial charge on any atom is 0.227 e. The fraction of sp³-hybridized carbons (Fsp3) is 0.652. The minimum atomic E-state index is 0.249. The normalized spacial score (nSPS) is 27.9. The highest BCUT2D eigenvalue weighted by atomic mass is 16.5. The zero-order valence-electron chi connectivity index (χ0n) is 17.4. The molecule has 0 N–H and O–H groups in total. The molecule has 2 aromatic rings. The lowest BCUT2D eigenvalue weighted by molar-refractivity contribution is 0.00496. The van der Waals surface area contributed by atoms with E-state index < -0.39 is 0 Å². The first-order valence-electron chi connectivity index (χ1n) is 11.3. The van der Waals surface area contributed by atoms with Gasteiger partial charge < -0.3 is 14.4 Å². The molecule has 3 fully saturated rings. The summed E-state index contributed by atoms with van der Waals surface area (Å²) in [5.74, 6) is 2.32. The highest BCUT2D eigenvalue weighted by Crippen LogP contribution is 2.33. The number of anilines is 1. The lowest BCUT2D eigenvalue weighted by Crippen LogP contribution is -2.44. The summed E-state index contributed by atoms with van der Waals surface area (Å²) in [7, 11) is 0. The lowest BCUT2D eigenvalue weighted by atomic mass is 9.95. The summed E-state index contributed by atoms with van der Waals surface area (Å²) in [6.45, 7) is 5.79. The van der Waals surface area contributed by atoms with Crippen molar-refractivity contribution >= 4 is 5.95 Å². The third-order valence-electron chi connectivity index (χ3n) is 6.67. The minimum Gasteiger partial charge on any atom is -0.376 e. The van der Waals surface area contributed by atoms with E-state index in [1.54, 1.807) is 0 Å². The van der Waals surface area contributed by atoms with Gasteiger partial charge in [0.15, 0.2) is 0 Å². The van der Waals surface area contributed by atoms with Crippen LogP contribution in [0.2, 0.25) is 0 Å². The molecule has 6 heteroatoms. The Kier molecular flexibility index (Phi) is 5.55. The van der Waals surface area contributed by atoms with Gasteiger partial charge in [0.2, 0.25) is 5.95 Å². The Hall–Kier alpha value is -1.92. The first kappa shape index (κ1) is 19.1. The van der Waals surface area contributed by atoms with E-state index in [1.165, 1.54) is 18.4 Å². The number of nitrogens with zero attached hydrogens (tertiary/aromatic N) is 4. The van der Waals surface area contributed by atoms with Gasteiger partial charge in [-0.25, -0.2) is 0 Å². The summed E-state index contributed by atoms with van der Waals surface area (Å²) >= 11 is 0. The maximum absolute atomic E-state index is 6.10. The predicted octanol–water partition coefficient (Wildman–Crippen LogP) is 3.76. The molecule has 0 unspecified atom stereocenters. The molecule has 6 nitrogen and oxygen atoms in total. The average Bonchev–Trinajstić information content (AvgIpc) is 3.33. The highest BCUT2D eigenvalue weighted by Gasteiger charge is 2.36. The molecule has 3 saturated heterocycles. The van der Waals surface area contributed by atoms with Gasteiger partial charge in [0.1, 0.15) is 5.82 Å². The van der Waals surface area contributed by atoms with E-state index in [0.29, 0.717) is 12.2 Å². The second-order valence-corrected chi connectivity index (χ2v) is 8.69. The zero-order valence-corrected chi connectivity index (χ0v) is 17.4. The molecule has 0 spiro atoms. The number of benzene rings is 1. The fourth-order valence-electron chi connectivity index (χ4n) is 5.16. The van der Waals surface area contributed by atoms with Gasteiger partial charge in [-0.05, 0) is 44.1 Å². The molecule has 0 radical (unpaired) electrons. The third-order valence-corrected chi connectivity index (χ3v) is 6.67. The molecule has 0 saturated carbocycles. The standard InChI is InChI=1S/C23H32N4O2/c1-2-21(17-8-4-3-5-9-17)22-24-25-23(26-14-19-11-12-20(15-26)29-19)27(22)16-18-10-6-7-13-28-18/h3-5,8-9,18-21H,2,6-7,10-16H2,1H3/t18-,19-,20+,21+/m1/s1. The van der Waals surface area contributed by atoms with Crippen LogP contribution in [0.4, 0.5) is 5.95 Å². The van der Waals surface area contributed by atoms with E-state index in [-0.39, 0.29) is 12.0 Å². The zero-order chi connectivity index (χ0) is 19.6. The smallest absolute Gasteiger partial charge is 0.227 e. The van der Waals surface area contributed by atoms with Crippen molar-refractivity contribution in [3.8, 4) is 0 Å². The van der Waals surface area contributed by atoms with Crippen molar-refractivity contribution in [2.45, 2.75) is 76.2 Å². The van der Waals surface area contributed by atoms with E-state index in [1.807, 2.05) is 0 Å². The molecule has 4 atom stereocenters. The van der Waals surface area contributed by atoms with Gasteiger partial charge >= 0.3 is 0 Å². The number of ether oxygens (including phenoxy) is 2. The second-order valence-electron chi connectivity index (χ2n) is 8.69. The van der Waals surface area contributed by atoms with Crippen LogP contribution in [0.5, 0.6) is 0 Å². The molecule has 1 aromatic carbocycles. The van der Waals surface area contributed by atoms with Crippen molar-refractivity contribution in [1.82, 2.24) is 14.8 Å². The van der Waals surface area contributed by atoms with Crippen molar-refractivity contribution in [2.24, 2.45) is 0 Å². The van der Waals surface area contributed by atoms with Crippen LogP contribution >= 0.6 is 0 Å². The van der Waals surface area contributed by atoms with Gasteiger partial charge in [-0.1, -0.05) is 37.3 Å². The summed E-state index contributed by atoms with van der Waals surface area (Å²) in [6.07, 6.45) is 7.79. The Morgan fingerprint density at radius 1 is 1.03 bits per heavy atom. The van der Waals surface area contributed by atoms with Crippen molar-refractivity contribution < 1.29 is 9.47 Å². The first-order valence-corrected chi connectivity index (χ1v) is 11.3. The molecule has 2 bridgehead atoms. The molecule has 3 aliphatic rings. The highest BCUT2D eigenvalue weighted by molar-refractivity contribution is 5.36. The molecule has 1 aromatic heterocycles. The third kappa shape index (κ3) is 3.92. The van der Waals surface area contributed by atoms with Gasteiger partial charge in [0.25, 0.3) is 0 Å². The average molecular weight is 397 g/mol. The monoisotopic (exact) mass is 396 g/mol. The van der Waals surface area contributed by atoms with Crippen LogP contribution in [0.3, 0.4) is 0 Å².